The standard InChI is InChI=1S/C40H53N9O10/c1-25-20-29(50)21-26(2)30(25)23-31(41)35(51)45-32(17-11-19-43-39(42)48-49(57)58)36(52)47-34(22-27-12-5-3-6-13-27)37(53)46-33(38(54)55)16-9-10-18-44-40(56)59-24-28-14-7-4-8-15-28/h3-8,12-15,20-21,31-34,50H,9-11,16-19,22-24,41H2,1-2H3,(H,44,56)(H,45,51)(H,46,53)(H,47,52)(H,54,55)(H3,42,43,48). The number of carbonyl (C=O) groups is 5. The Bertz CT molecular complexity index is 1890. The molecule has 0 aliphatic heterocycles. The van der Waals surface area contributed by atoms with Crippen LogP contribution in [0.2, 0.25) is 0 Å². The van der Waals surface area contributed by atoms with Gasteiger partial charge in [0.1, 0.15) is 30.5 Å². The number of phenolic OH excluding ortho intramolecular Hbond substituents is 1. The molecule has 0 heterocycles. The molecule has 0 spiro atoms. The quantitative estimate of drug-likeness (QED) is 0.0216. The van der Waals surface area contributed by atoms with Crippen LogP contribution in [0.1, 0.15) is 59.9 Å². The van der Waals surface area contributed by atoms with Crippen LogP contribution in [0.15, 0.2) is 77.8 Å². The Morgan fingerprint density at radius 1 is 0.797 bits per heavy atom. The number of alkyl carbamates (subject to hydrolysis) is 1. The number of hydrogen-bond acceptors (Lipinski definition) is 11. The number of hydrazine groups is 1. The summed E-state index contributed by atoms with van der Waals surface area (Å²) in [5.74, 6) is -3.97. The van der Waals surface area contributed by atoms with Crippen LogP contribution >= 0.6 is 0 Å². The summed E-state index contributed by atoms with van der Waals surface area (Å²) in [6.45, 7) is 3.76. The zero-order chi connectivity index (χ0) is 43.3. The van der Waals surface area contributed by atoms with Gasteiger partial charge in [0.25, 0.3) is 5.96 Å². The predicted octanol–water partition coefficient (Wildman–Crippen LogP) is 1.63. The summed E-state index contributed by atoms with van der Waals surface area (Å²) in [4.78, 5) is 80.0. The normalized spacial score (nSPS) is 13.2. The first-order valence-electron chi connectivity index (χ1n) is 19.0. The van der Waals surface area contributed by atoms with E-state index in [2.05, 4.69) is 26.3 Å². The number of carboxylic acids is 1. The van der Waals surface area contributed by atoms with Crippen molar-refractivity contribution in [3.05, 3.63) is 111 Å². The number of aryl methyl sites for hydroxylation is 2. The maximum absolute atomic E-state index is 13.9. The Hall–Kier alpha value is -6.76. The number of amides is 4. The summed E-state index contributed by atoms with van der Waals surface area (Å²) >= 11 is 0. The molecule has 0 aliphatic carbocycles. The third kappa shape index (κ3) is 17.1. The van der Waals surface area contributed by atoms with Gasteiger partial charge in [-0.05, 0) is 92.3 Å². The first-order chi connectivity index (χ1) is 28.1. The zero-order valence-electron chi connectivity index (χ0n) is 33.0. The number of benzene rings is 3. The first-order valence-corrected chi connectivity index (χ1v) is 19.0. The maximum Gasteiger partial charge on any atom is 0.407 e. The van der Waals surface area contributed by atoms with Crippen molar-refractivity contribution in [1.29, 1.82) is 0 Å². The van der Waals surface area contributed by atoms with Gasteiger partial charge in [-0.3, -0.25) is 14.4 Å². The van der Waals surface area contributed by atoms with E-state index >= 15 is 0 Å². The van der Waals surface area contributed by atoms with E-state index in [-0.39, 0.29) is 57.6 Å². The van der Waals surface area contributed by atoms with E-state index in [1.165, 1.54) is 0 Å². The van der Waals surface area contributed by atoms with Crippen LogP contribution in [-0.2, 0) is 43.4 Å². The highest BCUT2D eigenvalue weighted by Crippen LogP contribution is 2.22. The maximum atomic E-state index is 13.9. The molecule has 3 rings (SSSR count). The van der Waals surface area contributed by atoms with Crippen molar-refractivity contribution in [3.63, 3.8) is 0 Å². The van der Waals surface area contributed by atoms with Crippen molar-refractivity contribution in [2.45, 2.75) is 89.6 Å². The Kier molecular flexibility index (Phi) is 19.1. The molecule has 0 bridgehead atoms. The molecule has 4 unspecified atom stereocenters. The number of aromatic hydroxyl groups is 1. The molecule has 3 aromatic carbocycles. The second-order valence-corrected chi connectivity index (χ2v) is 13.8. The SMILES string of the molecule is Cc1cc(O)cc(C)c1CC(N)C(=O)NC(CCCN=C(N)N[N+](=O)[O-])C(=O)NC(Cc1ccccc1)C(=O)NC(CCCCNC(=O)OCc1ccccc1)C(=O)O. The molecule has 0 fully saturated rings. The van der Waals surface area contributed by atoms with Crippen molar-refractivity contribution in [2.24, 2.45) is 16.5 Å². The van der Waals surface area contributed by atoms with Crippen molar-refractivity contribution >= 4 is 35.7 Å². The second kappa shape index (κ2) is 24.1. The molecular formula is C40H53N9O10. The number of nitro groups is 1. The summed E-state index contributed by atoms with van der Waals surface area (Å²) in [5, 5.41) is 40.2. The lowest BCUT2D eigenvalue weighted by atomic mass is 9.95. The number of guanidine groups is 1. The van der Waals surface area contributed by atoms with Gasteiger partial charge in [0.15, 0.2) is 5.03 Å². The van der Waals surface area contributed by atoms with Gasteiger partial charge in [-0.15, -0.1) is 0 Å². The number of carbonyl (C=O) groups excluding carboxylic acids is 4. The van der Waals surface area contributed by atoms with Crippen molar-refractivity contribution in [1.82, 2.24) is 26.7 Å². The molecule has 0 aliphatic rings. The highest BCUT2D eigenvalue weighted by molar-refractivity contribution is 5.94. The Labute approximate surface area is 341 Å². The van der Waals surface area contributed by atoms with Gasteiger partial charge in [0, 0.05) is 19.5 Å². The number of nitrogens with two attached hydrogens (primary N) is 2. The number of rotatable bonds is 23. The minimum atomic E-state index is -1.33. The number of unbranched alkanes of at least 4 members (excludes halogenated alkanes) is 1. The summed E-state index contributed by atoms with van der Waals surface area (Å²) in [6, 6.07) is 15.9. The van der Waals surface area contributed by atoms with Crippen molar-refractivity contribution < 1.29 is 44.0 Å². The average Bonchev–Trinajstić information content (AvgIpc) is 3.18. The lowest BCUT2D eigenvalue weighted by Gasteiger charge is -2.25. The molecule has 19 nitrogen and oxygen atoms in total. The molecule has 0 aromatic heterocycles. The molecule has 0 saturated heterocycles. The lowest BCUT2D eigenvalue weighted by molar-refractivity contribution is -0.525. The van der Waals surface area contributed by atoms with Crippen LogP contribution in [0.3, 0.4) is 0 Å². The van der Waals surface area contributed by atoms with Crippen LogP contribution in [-0.4, -0.2) is 88.2 Å². The number of nitrogens with zero attached hydrogens (tertiary/aromatic N) is 2. The van der Waals surface area contributed by atoms with E-state index in [1.807, 2.05) is 30.3 Å². The average molecular weight is 820 g/mol. The third-order valence-corrected chi connectivity index (χ3v) is 9.15. The zero-order valence-corrected chi connectivity index (χ0v) is 33.0. The number of aliphatic carboxylic acids is 1. The minimum Gasteiger partial charge on any atom is -0.508 e. The van der Waals surface area contributed by atoms with Crippen LogP contribution < -0.4 is 38.2 Å². The number of carboxylic acid groups (broad SMARTS) is 1. The molecule has 3 aromatic rings. The summed E-state index contributed by atoms with van der Waals surface area (Å²) in [5.41, 5.74) is 17.1. The van der Waals surface area contributed by atoms with Crippen LogP contribution in [0.4, 0.5) is 4.79 Å². The molecule has 0 radical (unpaired) electrons. The molecule has 318 valence electrons. The predicted molar refractivity (Wildman–Crippen MR) is 217 cm³/mol. The van der Waals surface area contributed by atoms with E-state index in [4.69, 9.17) is 16.2 Å². The highest BCUT2D eigenvalue weighted by atomic mass is 16.7. The number of nitrogens with one attached hydrogen (secondary N) is 5. The van der Waals surface area contributed by atoms with Gasteiger partial charge in [-0.2, -0.15) is 0 Å². The second-order valence-electron chi connectivity index (χ2n) is 13.8. The van der Waals surface area contributed by atoms with Crippen LogP contribution in [0, 0.1) is 24.0 Å². The van der Waals surface area contributed by atoms with Gasteiger partial charge in [-0.25, -0.2) is 24.7 Å². The first kappa shape index (κ1) is 46.6. The Morgan fingerprint density at radius 3 is 1.97 bits per heavy atom. The topological polar surface area (TPSA) is 303 Å². The number of ether oxygens (including phenoxy) is 1. The van der Waals surface area contributed by atoms with Gasteiger partial charge in [0.05, 0.1) is 6.04 Å². The fraction of sp³-hybridized carbons (Fsp3) is 0.400. The van der Waals surface area contributed by atoms with Crippen LogP contribution in [0.5, 0.6) is 5.75 Å². The fourth-order valence-corrected chi connectivity index (χ4v) is 6.08. The van der Waals surface area contributed by atoms with Crippen LogP contribution in [0.25, 0.3) is 0 Å². The molecule has 4 atom stereocenters. The molecule has 11 N–H and O–H groups in total. The minimum absolute atomic E-state index is 0.0132. The van der Waals surface area contributed by atoms with E-state index < -0.39 is 64.9 Å². The summed E-state index contributed by atoms with van der Waals surface area (Å²) in [6.07, 6.45) is 0.189. The number of aliphatic imine (C=N–C) groups is 1. The van der Waals surface area contributed by atoms with Crippen molar-refractivity contribution in [2.75, 3.05) is 13.1 Å². The number of hydrogen-bond donors (Lipinski definition) is 9. The van der Waals surface area contributed by atoms with Gasteiger partial charge in [0.2, 0.25) is 17.7 Å². The third-order valence-electron chi connectivity index (χ3n) is 9.15. The van der Waals surface area contributed by atoms with E-state index in [1.54, 1.807) is 61.7 Å². The molecule has 0 saturated carbocycles. The lowest BCUT2D eigenvalue weighted by Crippen LogP contribution is -2.57. The molecular weight excluding hydrogens is 766 g/mol. The molecule has 19 heteroatoms. The molecule has 59 heavy (non-hydrogen) atoms. The largest absolute Gasteiger partial charge is 0.508 e. The van der Waals surface area contributed by atoms with Gasteiger partial charge >= 0.3 is 12.1 Å². The fourth-order valence-electron chi connectivity index (χ4n) is 6.08. The highest BCUT2D eigenvalue weighted by Gasteiger charge is 2.31. The molecule has 4 amide bonds. The number of phenols is 1. The smallest absolute Gasteiger partial charge is 0.407 e. The summed E-state index contributed by atoms with van der Waals surface area (Å²) in [7, 11) is 0. The van der Waals surface area contributed by atoms with E-state index in [0.717, 1.165) is 11.1 Å². The summed E-state index contributed by atoms with van der Waals surface area (Å²) < 4.78 is 5.18. The van der Waals surface area contributed by atoms with E-state index in [9.17, 15) is 44.3 Å². The Balaban J connectivity index is 1.70. The van der Waals surface area contributed by atoms with E-state index in [0.29, 0.717) is 29.5 Å². The van der Waals surface area contributed by atoms with Gasteiger partial charge in [-0.1, -0.05) is 66.1 Å². The monoisotopic (exact) mass is 819 g/mol. The Morgan fingerprint density at radius 2 is 1.36 bits per heavy atom. The van der Waals surface area contributed by atoms with Crippen molar-refractivity contribution in [3.8, 4) is 5.75 Å². The van der Waals surface area contributed by atoms with Gasteiger partial charge < -0.3 is 47.7 Å².